The number of rotatable bonds is 14. The number of nitrogens with two attached hydrogens (primary N) is 1. The van der Waals surface area contributed by atoms with Crippen LogP contribution in [0, 0.1) is 0 Å². The molecule has 0 radical (unpaired) electrons. The molecule has 5 N–H and O–H groups in total. The van der Waals surface area contributed by atoms with Crippen LogP contribution in [-0.4, -0.2) is 90.6 Å². The normalized spacial score (nSPS) is 20.4. The number of amides is 4. The maximum Gasteiger partial charge on any atom is 0.416 e. The van der Waals surface area contributed by atoms with E-state index in [-0.39, 0.29) is 60.2 Å². The van der Waals surface area contributed by atoms with Gasteiger partial charge in [-0.05, 0) is 69.4 Å². The number of aliphatic hydroxyl groups excluding tert-OH is 1. The number of aliphatic hydroxyl groups is 1. The Morgan fingerprint density at radius 2 is 1.55 bits per heavy atom. The number of methoxy groups -OCH3 is 2. The summed E-state index contributed by atoms with van der Waals surface area (Å²) in [6.07, 6.45) is 4.18. The van der Waals surface area contributed by atoms with Gasteiger partial charge in [-0.3, -0.25) is 19.3 Å². The van der Waals surface area contributed by atoms with E-state index in [1.165, 1.54) is 29.7 Å². The van der Waals surface area contributed by atoms with E-state index in [1.54, 1.807) is 62.4 Å². The number of hydrogen-bond acceptors (Lipinski definition) is 12. The number of nitrogens with zero attached hydrogens (tertiary/aromatic N) is 3. The number of nitrogens with one attached hydrogen (secondary N) is 2. The fraction of sp³-hybridized carbons (Fsp3) is 0.409. The first-order valence-electron chi connectivity index (χ1n) is 20.1. The zero-order chi connectivity index (χ0) is 42.7. The van der Waals surface area contributed by atoms with Crippen molar-refractivity contribution >= 4 is 40.9 Å². The predicted octanol–water partition coefficient (Wildman–Crippen LogP) is 6.10. The van der Waals surface area contributed by atoms with Gasteiger partial charge in [0.15, 0.2) is 29.2 Å². The van der Waals surface area contributed by atoms with Gasteiger partial charge in [0, 0.05) is 49.6 Å². The third kappa shape index (κ3) is 8.29. The van der Waals surface area contributed by atoms with E-state index in [4.69, 9.17) is 29.4 Å². The van der Waals surface area contributed by atoms with Crippen LogP contribution in [0.5, 0.6) is 23.0 Å². The average Bonchev–Trinajstić information content (AvgIpc) is 3.73. The summed E-state index contributed by atoms with van der Waals surface area (Å²) in [5, 5.41) is 18.0. The van der Waals surface area contributed by atoms with Crippen LogP contribution in [0.2, 0.25) is 0 Å². The fourth-order valence-corrected chi connectivity index (χ4v) is 7.93. The van der Waals surface area contributed by atoms with E-state index in [0.717, 1.165) is 23.3 Å². The highest BCUT2D eigenvalue weighted by molar-refractivity contribution is 6.07. The van der Waals surface area contributed by atoms with Gasteiger partial charge in [-0.15, -0.1) is 0 Å². The summed E-state index contributed by atoms with van der Waals surface area (Å²) in [7, 11) is 3.00. The highest BCUT2D eigenvalue weighted by Crippen LogP contribution is 2.44. The summed E-state index contributed by atoms with van der Waals surface area (Å²) in [6, 6.07) is 13.4. The van der Waals surface area contributed by atoms with Crippen molar-refractivity contribution in [3.63, 3.8) is 0 Å². The molecule has 7 rings (SSSR count). The van der Waals surface area contributed by atoms with Crippen LogP contribution in [0.4, 0.5) is 21.9 Å². The van der Waals surface area contributed by atoms with Crippen molar-refractivity contribution in [2.24, 2.45) is 5.73 Å². The molecule has 0 spiro atoms. The molecule has 0 saturated heterocycles. The summed E-state index contributed by atoms with van der Waals surface area (Å²) in [4.78, 5) is 57.2. The van der Waals surface area contributed by atoms with Gasteiger partial charge in [-0.25, -0.2) is 9.69 Å². The van der Waals surface area contributed by atoms with Crippen LogP contribution in [0.1, 0.15) is 85.6 Å². The molecule has 16 heteroatoms. The number of hydrogen-bond donors (Lipinski definition) is 4. The minimum atomic E-state index is -1.70. The molecule has 16 nitrogen and oxygen atoms in total. The van der Waals surface area contributed by atoms with Gasteiger partial charge in [-0.1, -0.05) is 30.2 Å². The molecule has 3 aromatic carbocycles. The topological polar surface area (TPSA) is 194 Å². The molecule has 1 unspecified atom stereocenters. The minimum Gasteiger partial charge on any atom is -0.493 e. The molecule has 0 bridgehead atoms. The van der Waals surface area contributed by atoms with Gasteiger partial charge in [0.25, 0.3) is 11.8 Å². The number of fused-ring (bicyclic) bond motifs is 4. The highest BCUT2D eigenvalue weighted by Gasteiger charge is 2.53. The molecule has 318 valence electrons. The van der Waals surface area contributed by atoms with Crippen molar-refractivity contribution in [3.05, 3.63) is 88.8 Å². The third-order valence-electron chi connectivity index (χ3n) is 11.1. The number of anilines is 3. The minimum absolute atomic E-state index is 0.0440. The second-order valence-electron chi connectivity index (χ2n) is 15.5. The first-order chi connectivity index (χ1) is 28.8. The number of carbonyl (C=O) groups is 4. The van der Waals surface area contributed by atoms with Crippen molar-refractivity contribution in [2.75, 3.05) is 49.5 Å². The zero-order valence-corrected chi connectivity index (χ0v) is 34.5. The lowest BCUT2D eigenvalue weighted by atomic mass is 10.0. The first kappa shape index (κ1) is 41.9. The lowest BCUT2D eigenvalue weighted by Gasteiger charge is -2.39. The summed E-state index contributed by atoms with van der Waals surface area (Å²) in [5.74, 6) is 0.778. The van der Waals surface area contributed by atoms with E-state index in [2.05, 4.69) is 10.6 Å². The quantitative estimate of drug-likeness (QED) is 0.137. The van der Waals surface area contributed by atoms with Gasteiger partial charge in [-0.2, -0.15) is 0 Å². The van der Waals surface area contributed by atoms with Crippen LogP contribution in [0.3, 0.4) is 0 Å². The Morgan fingerprint density at radius 3 is 2.22 bits per heavy atom. The van der Waals surface area contributed by atoms with E-state index in [0.29, 0.717) is 66.4 Å². The summed E-state index contributed by atoms with van der Waals surface area (Å²) in [6.45, 7) is 6.70. The second kappa shape index (κ2) is 17.5. The molecule has 4 heterocycles. The molecular formula is C44H52N6O10. The van der Waals surface area contributed by atoms with Crippen molar-refractivity contribution < 1.29 is 48.0 Å². The van der Waals surface area contributed by atoms with Gasteiger partial charge in [0.05, 0.1) is 56.0 Å². The largest absolute Gasteiger partial charge is 0.493 e. The number of unbranched alkanes of at least 4 members (excludes halogenated alkanes) is 2. The monoisotopic (exact) mass is 824 g/mol. The van der Waals surface area contributed by atoms with Crippen LogP contribution in [-0.2, 0) is 16.1 Å². The molecule has 60 heavy (non-hydrogen) atoms. The predicted molar refractivity (Wildman–Crippen MR) is 223 cm³/mol. The molecular weight excluding hydrogens is 773 g/mol. The lowest BCUT2D eigenvalue weighted by Crippen LogP contribution is -2.65. The van der Waals surface area contributed by atoms with Crippen molar-refractivity contribution in [1.82, 2.24) is 9.80 Å². The molecule has 3 atom stereocenters. The van der Waals surface area contributed by atoms with Crippen LogP contribution in [0.25, 0.3) is 0 Å². The first-order valence-corrected chi connectivity index (χ1v) is 20.1. The molecule has 0 aliphatic carbocycles. The zero-order valence-electron chi connectivity index (χ0n) is 34.5. The van der Waals surface area contributed by atoms with E-state index in [9.17, 15) is 24.3 Å². The Morgan fingerprint density at radius 1 is 0.883 bits per heavy atom. The van der Waals surface area contributed by atoms with Gasteiger partial charge in [0.2, 0.25) is 5.91 Å². The Hall–Kier alpha value is -6.26. The van der Waals surface area contributed by atoms with E-state index in [1.807, 2.05) is 19.2 Å². The summed E-state index contributed by atoms with van der Waals surface area (Å²) in [5.41, 5.74) is 9.56. The van der Waals surface area contributed by atoms with Gasteiger partial charge >= 0.3 is 6.09 Å². The Balaban J connectivity index is 1.01. The second-order valence-corrected chi connectivity index (χ2v) is 15.5. The molecule has 0 aromatic heterocycles. The van der Waals surface area contributed by atoms with Gasteiger partial charge in [0.1, 0.15) is 12.3 Å². The van der Waals surface area contributed by atoms with E-state index >= 15 is 0 Å². The summed E-state index contributed by atoms with van der Waals surface area (Å²) < 4.78 is 29.3. The highest BCUT2D eigenvalue weighted by atomic mass is 16.6. The van der Waals surface area contributed by atoms with Crippen LogP contribution in [0.15, 0.2) is 72.1 Å². The van der Waals surface area contributed by atoms with Crippen molar-refractivity contribution in [2.45, 2.75) is 83.8 Å². The van der Waals surface area contributed by atoms with Crippen molar-refractivity contribution in [3.8, 4) is 23.0 Å². The number of benzene rings is 3. The molecule has 4 aliphatic rings. The van der Waals surface area contributed by atoms with Crippen molar-refractivity contribution in [1.29, 1.82) is 0 Å². The lowest BCUT2D eigenvalue weighted by molar-refractivity contribution is -0.115. The van der Waals surface area contributed by atoms with Crippen LogP contribution >= 0.6 is 0 Å². The molecule has 0 fully saturated rings. The summed E-state index contributed by atoms with van der Waals surface area (Å²) >= 11 is 0. The molecule has 0 saturated carbocycles. The maximum atomic E-state index is 14.1. The molecule has 4 amide bonds. The third-order valence-corrected chi connectivity index (χ3v) is 11.1. The number of carbonyl (C=O) groups excluding carboxylic acids is 4. The molecule has 3 aromatic rings. The Labute approximate surface area is 348 Å². The fourth-order valence-electron chi connectivity index (χ4n) is 7.93. The van der Waals surface area contributed by atoms with Gasteiger partial charge < -0.3 is 50.1 Å². The standard InChI is InChI=1S/C44H52N6O10/c1-6-39(51)47-29-12-10-28(11-13-29)25-60-43(55)50-34-20-38(36(57-5)18-32(34)41(53)49-24-27(3)21-44(49,45)42(50)54)59-15-9-7-8-14-58-37-19-33-31(17-35(37)56-4)40(52)48-23-26(2)16-30(48)22-46-33/h10-13,17-20,23-24,30,42,46,54H,6-9,14-16,21-22,25,45H2,1-5H3,(H,47,51)/t30?,42-,44-/m0/s1. The Bertz CT molecular complexity index is 2220. The average molecular weight is 825 g/mol. The van der Waals surface area contributed by atoms with Crippen LogP contribution < -0.4 is 40.2 Å². The Kier molecular flexibility index (Phi) is 12.2. The SMILES string of the molecule is CCC(=O)Nc1ccc(COC(=O)N2c3cc(OCCCCCOc4cc5c(cc4OC)C(=O)N4C=C(C)CC4CN5)c(OC)cc3C(=O)N3C=C(C)C[C@@]3(N)[C@@H]2O)cc1. The molecule has 4 aliphatic heterocycles. The van der Waals surface area contributed by atoms with E-state index < -0.39 is 23.9 Å². The smallest absolute Gasteiger partial charge is 0.416 e. The number of ether oxygens (including phenoxy) is 5. The maximum absolute atomic E-state index is 14.1.